The van der Waals surface area contributed by atoms with Crippen LogP contribution in [0.5, 0.6) is 0 Å². The summed E-state index contributed by atoms with van der Waals surface area (Å²) in [5, 5.41) is 13.5. The predicted octanol–water partition coefficient (Wildman–Crippen LogP) is 3.26. The van der Waals surface area contributed by atoms with Crippen molar-refractivity contribution in [1.82, 2.24) is 5.32 Å². The molecule has 5 nitrogen and oxygen atoms in total. The van der Waals surface area contributed by atoms with Crippen LogP contribution in [0.3, 0.4) is 0 Å². The third kappa shape index (κ3) is 3.61. The average molecular weight is 319 g/mol. The number of halogens is 2. The summed E-state index contributed by atoms with van der Waals surface area (Å²) in [5.74, 6) is 0.0655. The smallest absolute Gasteiger partial charge is 0.269 e. The molecule has 7 heteroatoms. The Morgan fingerprint density at radius 3 is 2.40 bits per heavy atom. The van der Waals surface area contributed by atoms with Crippen molar-refractivity contribution in [2.75, 3.05) is 11.8 Å². The van der Waals surface area contributed by atoms with Gasteiger partial charge in [0.05, 0.1) is 10.5 Å². The summed E-state index contributed by atoms with van der Waals surface area (Å²) >= 11 is 11.7. The van der Waals surface area contributed by atoms with Crippen LogP contribution in [-0.2, 0) is 0 Å². The fraction of sp³-hybridized carbons (Fsp3) is 0.462. The highest BCUT2D eigenvalue weighted by molar-refractivity contribution is 6.22. The number of hydrogen-bond acceptors (Lipinski definition) is 3. The van der Waals surface area contributed by atoms with Crippen LogP contribution in [0, 0.1) is 17.0 Å². The van der Waals surface area contributed by atoms with Gasteiger partial charge < -0.3 is 5.32 Å². The summed E-state index contributed by atoms with van der Waals surface area (Å²) in [5.41, 5.74) is 0.194. The summed E-state index contributed by atoms with van der Waals surface area (Å²) in [6, 6.07) is 4.10. The second-order valence-corrected chi connectivity index (χ2v) is 5.15. The minimum atomic E-state index is -0.672. The molecule has 0 saturated carbocycles. The van der Waals surface area contributed by atoms with E-state index in [1.165, 1.54) is 18.2 Å². The first kappa shape index (κ1) is 16.7. The van der Waals surface area contributed by atoms with Crippen LogP contribution in [0.15, 0.2) is 18.2 Å². The topological polar surface area (TPSA) is 72.2 Å². The van der Waals surface area contributed by atoms with Gasteiger partial charge in [0.15, 0.2) is 0 Å². The van der Waals surface area contributed by atoms with E-state index in [0.717, 1.165) is 0 Å². The fourth-order valence-electron chi connectivity index (χ4n) is 1.70. The van der Waals surface area contributed by atoms with Crippen LogP contribution in [-0.4, -0.2) is 28.1 Å². The van der Waals surface area contributed by atoms with Crippen molar-refractivity contribution in [3.63, 3.8) is 0 Å². The van der Waals surface area contributed by atoms with E-state index in [4.69, 9.17) is 23.2 Å². The first-order valence-corrected chi connectivity index (χ1v) is 7.15. The number of nitro benzene ring substituents is 1. The van der Waals surface area contributed by atoms with E-state index < -0.39 is 10.5 Å². The van der Waals surface area contributed by atoms with Crippen LogP contribution in [0.2, 0.25) is 0 Å². The molecule has 0 bridgehead atoms. The molecule has 0 heterocycles. The van der Waals surface area contributed by atoms with E-state index in [0.29, 0.717) is 17.5 Å². The molecule has 0 fully saturated rings. The number of nitro groups is 1. The third-order valence-corrected chi connectivity index (χ3v) is 4.26. The van der Waals surface area contributed by atoms with Gasteiger partial charge in [-0.15, -0.1) is 23.2 Å². The summed E-state index contributed by atoms with van der Waals surface area (Å²) in [6.45, 7) is 3.53. The zero-order chi connectivity index (χ0) is 15.3. The zero-order valence-corrected chi connectivity index (χ0v) is 12.8. The highest BCUT2D eigenvalue weighted by atomic mass is 35.5. The first-order valence-electron chi connectivity index (χ1n) is 6.08. The number of carbonyl (C=O) groups is 1. The second kappa shape index (κ2) is 6.90. The Kier molecular flexibility index (Phi) is 5.77. The van der Waals surface area contributed by atoms with E-state index in [-0.39, 0.29) is 23.4 Å². The van der Waals surface area contributed by atoms with Gasteiger partial charge in [0.25, 0.3) is 11.6 Å². The Labute approximate surface area is 127 Å². The number of nitrogens with zero attached hydrogens (tertiary/aromatic N) is 1. The van der Waals surface area contributed by atoms with Gasteiger partial charge in [-0.1, -0.05) is 6.92 Å². The van der Waals surface area contributed by atoms with Crippen molar-refractivity contribution in [3.05, 3.63) is 39.4 Å². The maximum atomic E-state index is 12.2. The van der Waals surface area contributed by atoms with Crippen LogP contribution >= 0.6 is 23.2 Å². The van der Waals surface area contributed by atoms with Crippen molar-refractivity contribution in [3.8, 4) is 0 Å². The maximum absolute atomic E-state index is 12.2. The van der Waals surface area contributed by atoms with E-state index in [2.05, 4.69) is 5.32 Å². The lowest BCUT2D eigenvalue weighted by atomic mass is 9.99. The number of rotatable bonds is 6. The first-order chi connectivity index (χ1) is 9.39. The molecule has 0 unspecified atom stereocenters. The standard InChI is InChI=1S/C13H16Cl2N2O3/c1-3-13(7-14,8-15)16-12(18)11-5-4-10(17(19)20)6-9(11)2/h4-6H,3,7-8H2,1-2H3,(H,16,18). The number of nitrogens with one attached hydrogen (secondary N) is 1. The predicted molar refractivity (Wildman–Crippen MR) is 79.8 cm³/mol. The van der Waals surface area contributed by atoms with Crippen molar-refractivity contribution in [2.45, 2.75) is 25.8 Å². The lowest BCUT2D eigenvalue weighted by Crippen LogP contribution is -2.51. The van der Waals surface area contributed by atoms with Crippen LogP contribution in [0.1, 0.15) is 29.3 Å². The molecule has 0 atom stereocenters. The molecule has 0 aliphatic carbocycles. The molecule has 1 aromatic carbocycles. The molecule has 0 radical (unpaired) electrons. The molecule has 1 rings (SSSR count). The van der Waals surface area contributed by atoms with Crippen molar-refractivity contribution in [1.29, 1.82) is 0 Å². The molecule has 1 amide bonds. The maximum Gasteiger partial charge on any atom is 0.269 e. The fourth-order valence-corrected chi connectivity index (χ4v) is 2.50. The largest absolute Gasteiger partial charge is 0.344 e. The molecule has 0 saturated heterocycles. The summed E-state index contributed by atoms with van der Waals surface area (Å²) < 4.78 is 0. The Morgan fingerprint density at radius 2 is 2.00 bits per heavy atom. The van der Waals surface area contributed by atoms with Gasteiger partial charge in [-0.25, -0.2) is 0 Å². The molecule has 1 aromatic rings. The summed E-state index contributed by atoms with van der Waals surface area (Å²) in [6.07, 6.45) is 0.595. The van der Waals surface area contributed by atoms with Gasteiger partial charge in [0, 0.05) is 29.5 Å². The Bertz CT molecular complexity index is 508. The minimum absolute atomic E-state index is 0.0458. The lowest BCUT2D eigenvalue weighted by molar-refractivity contribution is -0.384. The summed E-state index contributed by atoms with van der Waals surface area (Å²) in [7, 11) is 0. The molecular formula is C13H16Cl2N2O3. The van der Waals surface area contributed by atoms with Gasteiger partial charge in [-0.05, 0) is 25.0 Å². The number of alkyl halides is 2. The monoisotopic (exact) mass is 318 g/mol. The van der Waals surface area contributed by atoms with Crippen LogP contribution in [0.25, 0.3) is 0 Å². The van der Waals surface area contributed by atoms with E-state index in [1.807, 2.05) is 6.92 Å². The van der Waals surface area contributed by atoms with Gasteiger partial charge in [-0.3, -0.25) is 14.9 Å². The second-order valence-electron chi connectivity index (χ2n) is 4.61. The van der Waals surface area contributed by atoms with Gasteiger partial charge >= 0.3 is 0 Å². The van der Waals surface area contributed by atoms with Gasteiger partial charge in [-0.2, -0.15) is 0 Å². The zero-order valence-electron chi connectivity index (χ0n) is 11.3. The summed E-state index contributed by atoms with van der Waals surface area (Å²) in [4.78, 5) is 22.4. The highest BCUT2D eigenvalue weighted by Crippen LogP contribution is 2.20. The molecule has 0 spiro atoms. The van der Waals surface area contributed by atoms with Crippen LogP contribution in [0.4, 0.5) is 5.69 Å². The number of carbonyl (C=O) groups excluding carboxylic acids is 1. The van der Waals surface area contributed by atoms with Crippen molar-refractivity contribution < 1.29 is 9.72 Å². The number of hydrogen-bond donors (Lipinski definition) is 1. The number of aryl methyl sites for hydroxylation is 1. The highest BCUT2D eigenvalue weighted by Gasteiger charge is 2.29. The Morgan fingerprint density at radius 1 is 1.40 bits per heavy atom. The van der Waals surface area contributed by atoms with Crippen molar-refractivity contribution >= 4 is 34.8 Å². The number of benzene rings is 1. The molecule has 0 aromatic heterocycles. The quantitative estimate of drug-likeness (QED) is 0.497. The lowest BCUT2D eigenvalue weighted by Gasteiger charge is -2.29. The van der Waals surface area contributed by atoms with E-state index >= 15 is 0 Å². The number of non-ortho nitro benzene ring substituents is 1. The Hall–Kier alpha value is -1.33. The number of amides is 1. The molecular weight excluding hydrogens is 303 g/mol. The molecule has 0 aliphatic heterocycles. The molecule has 20 heavy (non-hydrogen) atoms. The normalized spacial score (nSPS) is 11.2. The molecule has 1 N–H and O–H groups in total. The molecule has 0 aliphatic rings. The van der Waals surface area contributed by atoms with Gasteiger partial charge in [0.2, 0.25) is 0 Å². The van der Waals surface area contributed by atoms with Crippen molar-refractivity contribution in [2.24, 2.45) is 0 Å². The van der Waals surface area contributed by atoms with E-state index in [1.54, 1.807) is 6.92 Å². The third-order valence-electron chi connectivity index (χ3n) is 3.23. The van der Waals surface area contributed by atoms with Crippen LogP contribution < -0.4 is 5.32 Å². The minimum Gasteiger partial charge on any atom is -0.344 e. The Balaban J connectivity index is 3.01. The van der Waals surface area contributed by atoms with E-state index in [9.17, 15) is 14.9 Å². The average Bonchev–Trinajstić information content (AvgIpc) is 2.44. The molecule has 110 valence electrons. The SMILES string of the molecule is CCC(CCl)(CCl)NC(=O)c1ccc([N+](=O)[O-])cc1C. The van der Waals surface area contributed by atoms with Gasteiger partial charge in [0.1, 0.15) is 0 Å².